The predicted octanol–water partition coefficient (Wildman–Crippen LogP) is 6.30. The number of hydrogen-bond acceptors (Lipinski definition) is 8. The molecule has 10 nitrogen and oxygen atoms in total. The van der Waals surface area contributed by atoms with E-state index >= 15 is 0 Å². The highest BCUT2D eigenvalue weighted by molar-refractivity contribution is 6.09. The van der Waals surface area contributed by atoms with Gasteiger partial charge in [-0.1, -0.05) is 19.1 Å². The van der Waals surface area contributed by atoms with E-state index in [1.807, 2.05) is 12.4 Å². The van der Waals surface area contributed by atoms with Gasteiger partial charge in [0, 0.05) is 42.1 Å². The zero-order valence-corrected chi connectivity index (χ0v) is 29.3. The first-order chi connectivity index (χ1) is 24.3. The van der Waals surface area contributed by atoms with Gasteiger partial charge in [-0.3, -0.25) is 19.6 Å². The van der Waals surface area contributed by atoms with Gasteiger partial charge in [0.05, 0.1) is 54.1 Å². The Bertz CT molecular complexity index is 1930. The lowest BCUT2D eigenvalue weighted by molar-refractivity contribution is -0.128. The van der Waals surface area contributed by atoms with Gasteiger partial charge in [0.25, 0.3) is 0 Å². The van der Waals surface area contributed by atoms with Gasteiger partial charge in [0.1, 0.15) is 5.52 Å². The number of rotatable bonds is 7. The molecule has 4 aromatic rings. The summed E-state index contributed by atoms with van der Waals surface area (Å²) in [6.07, 6.45) is 10.9. The molecule has 7 heterocycles. The molecule has 50 heavy (non-hydrogen) atoms. The molecule has 1 spiro atoms. The summed E-state index contributed by atoms with van der Waals surface area (Å²) in [5.74, 6) is 1.09. The number of aromatic nitrogens is 4. The number of hydrogen-bond donors (Lipinski definition) is 1. The summed E-state index contributed by atoms with van der Waals surface area (Å²) < 4.78 is 22.4. The topological polar surface area (TPSA) is 91.7 Å². The van der Waals surface area contributed by atoms with Crippen LogP contribution in [0.2, 0.25) is 0 Å². The van der Waals surface area contributed by atoms with Gasteiger partial charge < -0.3 is 19.5 Å². The van der Waals surface area contributed by atoms with Crippen molar-refractivity contribution in [1.82, 2.24) is 29.3 Å². The first-order valence-electron chi connectivity index (χ1n) is 18.6. The van der Waals surface area contributed by atoms with Gasteiger partial charge in [0.2, 0.25) is 5.91 Å². The summed E-state index contributed by atoms with van der Waals surface area (Å²) in [5, 5.41) is 3.25. The van der Waals surface area contributed by atoms with Crippen LogP contribution >= 0.6 is 0 Å². The Morgan fingerprint density at radius 1 is 1.02 bits per heavy atom. The highest BCUT2D eigenvalue weighted by atomic mass is 19.1. The molecule has 1 saturated carbocycles. The minimum absolute atomic E-state index is 0.133. The molecular formula is C39H47FN8O2. The number of halogens is 1. The first-order valence-corrected chi connectivity index (χ1v) is 18.6. The number of piperidine rings is 2. The van der Waals surface area contributed by atoms with Crippen molar-refractivity contribution in [2.24, 2.45) is 5.92 Å². The van der Waals surface area contributed by atoms with Crippen LogP contribution in [-0.4, -0.2) is 92.7 Å². The van der Waals surface area contributed by atoms with E-state index in [2.05, 4.69) is 68.5 Å². The Hall–Kier alpha value is -3.93. The van der Waals surface area contributed by atoms with E-state index in [1.54, 1.807) is 12.3 Å². The lowest BCUT2D eigenvalue weighted by Crippen LogP contribution is -2.60. The molecule has 0 unspecified atom stereocenters. The van der Waals surface area contributed by atoms with E-state index in [9.17, 15) is 9.18 Å². The number of anilines is 3. The number of ether oxygens (including phenoxy) is 1. The van der Waals surface area contributed by atoms with Crippen LogP contribution in [0.5, 0.6) is 0 Å². The molecule has 3 saturated heterocycles. The third kappa shape index (κ3) is 5.23. The second-order valence-electron chi connectivity index (χ2n) is 15.7. The fraction of sp³-hybridized carbons (Fsp3) is 0.538. The molecule has 1 aliphatic carbocycles. The van der Waals surface area contributed by atoms with Crippen molar-refractivity contribution < 1.29 is 13.9 Å². The van der Waals surface area contributed by atoms with Crippen LogP contribution in [0.25, 0.3) is 22.3 Å². The Labute approximate surface area is 293 Å². The van der Waals surface area contributed by atoms with Crippen LogP contribution in [0.4, 0.5) is 21.6 Å². The Morgan fingerprint density at radius 3 is 2.56 bits per heavy atom. The van der Waals surface area contributed by atoms with E-state index in [1.165, 1.54) is 25.6 Å². The molecule has 4 fully saturated rings. The Morgan fingerprint density at radius 2 is 1.84 bits per heavy atom. The van der Waals surface area contributed by atoms with Gasteiger partial charge in [-0.15, -0.1) is 0 Å². The van der Waals surface area contributed by atoms with Crippen LogP contribution in [0.3, 0.4) is 0 Å². The zero-order chi connectivity index (χ0) is 34.1. The van der Waals surface area contributed by atoms with E-state index in [0.29, 0.717) is 23.6 Å². The lowest BCUT2D eigenvalue weighted by atomic mass is 9.73. The number of nitrogens with zero attached hydrogens (tertiary/aromatic N) is 7. The van der Waals surface area contributed by atoms with Crippen molar-refractivity contribution in [2.75, 3.05) is 49.6 Å². The minimum atomic E-state index is -0.501. The maximum atomic E-state index is 14.8. The molecule has 1 amide bonds. The average Bonchev–Trinajstić information content (AvgIpc) is 3.60. The maximum Gasteiger partial charge on any atom is 0.238 e. The molecule has 1 atom stereocenters. The van der Waals surface area contributed by atoms with Crippen LogP contribution < -0.4 is 10.2 Å². The number of likely N-dealkylation sites (tertiary alicyclic amines) is 2. The lowest BCUT2D eigenvalue weighted by Gasteiger charge is -2.49. The summed E-state index contributed by atoms with van der Waals surface area (Å²) in [6.45, 7) is 12.3. The molecular weight excluding hydrogens is 631 g/mol. The van der Waals surface area contributed by atoms with E-state index in [-0.39, 0.29) is 18.0 Å². The molecule has 9 rings (SSSR count). The van der Waals surface area contributed by atoms with Crippen molar-refractivity contribution in [3.05, 3.63) is 60.4 Å². The minimum Gasteiger partial charge on any atom is -0.378 e. The molecule has 3 aromatic heterocycles. The highest BCUT2D eigenvalue weighted by Gasteiger charge is 2.56. The largest absolute Gasteiger partial charge is 0.378 e. The zero-order valence-electron chi connectivity index (χ0n) is 29.3. The number of carbonyl (C=O) groups is 1. The Kier molecular flexibility index (Phi) is 7.93. The van der Waals surface area contributed by atoms with Gasteiger partial charge in [-0.2, -0.15) is 0 Å². The summed E-state index contributed by atoms with van der Waals surface area (Å²) in [5.41, 5.74) is 5.23. The Balaban J connectivity index is 1.09. The van der Waals surface area contributed by atoms with Crippen molar-refractivity contribution in [3.8, 4) is 11.3 Å². The smallest absolute Gasteiger partial charge is 0.238 e. The van der Waals surface area contributed by atoms with Crippen LogP contribution in [0.15, 0.2) is 49.1 Å². The molecule has 4 aliphatic heterocycles. The van der Waals surface area contributed by atoms with Crippen molar-refractivity contribution in [1.29, 1.82) is 0 Å². The number of nitrogens with one attached hydrogen (secondary N) is 1. The second-order valence-corrected chi connectivity index (χ2v) is 15.7. The number of carbonyl (C=O) groups excluding carboxylic acids is 1. The quantitative estimate of drug-likeness (QED) is 0.244. The molecule has 1 aromatic carbocycles. The maximum absolute atomic E-state index is 14.8. The monoisotopic (exact) mass is 678 g/mol. The van der Waals surface area contributed by atoms with Gasteiger partial charge in [-0.25, -0.2) is 14.4 Å². The first kappa shape index (κ1) is 32.0. The molecule has 0 radical (unpaired) electrons. The number of pyridine rings is 2. The third-order valence-electron chi connectivity index (χ3n) is 12.3. The highest BCUT2D eigenvalue weighted by Crippen LogP contribution is 2.52. The second kappa shape index (κ2) is 12.4. The number of imidazole rings is 1. The van der Waals surface area contributed by atoms with Crippen molar-refractivity contribution in [2.45, 2.75) is 88.9 Å². The number of fused-ring (bicyclic) bond motifs is 3. The standard InChI is InChI=1S/C39H47FN8O2/c1-24(2)47-23-42-34-18-33(44-37(36(34)47)43-32-8-11-41-19-31(32)40)26-6-7-30-35(15-26)48(28-16-27(17-28)46-12-4-5-25(3)20-46)38(49)39(30)9-13-45(14-10-39)29-21-50-22-29/h6-8,11,15,18-19,23-25,27-29H,4-5,9-10,12-14,16-17,20-22H2,1-3H3,(H,41,43,44)/t25-,27-,28+/m1/s1. The molecule has 262 valence electrons. The van der Waals surface area contributed by atoms with Crippen LogP contribution in [0, 0.1) is 11.7 Å². The van der Waals surface area contributed by atoms with Crippen LogP contribution in [-0.2, 0) is 14.9 Å². The average molecular weight is 679 g/mol. The molecule has 5 aliphatic rings. The summed E-state index contributed by atoms with van der Waals surface area (Å²) >= 11 is 0. The van der Waals surface area contributed by atoms with Gasteiger partial charge >= 0.3 is 0 Å². The fourth-order valence-electron chi connectivity index (χ4n) is 9.22. The molecule has 11 heteroatoms. The van der Waals surface area contributed by atoms with Gasteiger partial charge in [-0.05, 0) is 102 Å². The van der Waals surface area contributed by atoms with E-state index in [0.717, 1.165) is 98.0 Å². The summed E-state index contributed by atoms with van der Waals surface area (Å²) in [7, 11) is 0. The summed E-state index contributed by atoms with van der Waals surface area (Å²) in [4.78, 5) is 36.0. The predicted molar refractivity (Wildman–Crippen MR) is 192 cm³/mol. The van der Waals surface area contributed by atoms with Crippen molar-refractivity contribution in [3.63, 3.8) is 0 Å². The number of benzene rings is 1. The van der Waals surface area contributed by atoms with Crippen molar-refractivity contribution >= 4 is 34.1 Å². The summed E-state index contributed by atoms with van der Waals surface area (Å²) in [6, 6.07) is 11.5. The molecule has 0 bridgehead atoms. The fourth-order valence-corrected chi connectivity index (χ4v) is 9.22. The van der Waals surface area contributed by atoms with E-state index in [4.69, 9.17) is 14.7 Å². The normalized spacial score (nSPS) is 25.7. The SMILES string of the molecule is CC(C)n1cnc2cc(-c3ccc4c(c3)N([C@H]3C[C@@H](N5CCC[C@@H](C)C5)C3)C(=O)C43CCN(C4COC4)CC3)nc(Nc3ccncc3F)c21. The number of amides is 1. The van der Waals surface area contributed by atoms with Gasteiger partial charge in [0.15, 0.2) is 11.6 Å². The third-order valence-corrected chi connectivity index (χ3v) is 12.3. The molecule has 1 N–H and O–H groups in total. The van der Waals surface area contributed by atoms with E-state index < -0.39 is 11.2 Å². The van der Waals surface area contributed by atoms with Crippen LogP contribution in [0.1, 0.15) is 70.9 Å².